The number of aromatic nitrogens is 4. The van der Waals surface area contributed by atoms with E-state index in [0.717, 1.165) is 48.8 Å². The Morgan fingerprint density at radius 1 is 1.09 bits per heavy atom. The molecular formula is C21H26N6O5S. The Bertz CT molecular complexity index is 1120. The van der Waals surface area contributed by atoms with Crippen molar-refractivity contribution < 1.29 is 24.6 Å². The Balaban J connectivity index is 0.000000454. The summed E-state index contributed by atoms with van der Waals surface area (Å²) < 4.78 is 2.33. The molecule has 33 heavy (non-hydrogen) atoms. The Kier molecular flexibility index (Phi) is 8.06. The maximum Gasteiger partial charge on any atom is 0.414 e. The van der Waals surface area contributed by atoms with Crippen molar-refractivity contribution in [2.45, 2.75) is 33.2 Å². The fourth-order valence-electron chi connectivity index (χ4n) is 3.72. The highest BCUT2D eigenvalue weighted by atomic mass is 32.1. The van der Waals surface area contributed by atoms with Crippen LogP contribution in [0, 0.1) is 19.8 Å². The third-order valence-corrected chi connectivity index (χ3v) is 6.07. The van der Waals surface area contributed by atoms with E-state index in [0.29, 0.717) is 17.6 Å². The zero-order chi connectivity index (χ0) is 24.0. The van der Waals surface area contributed by atoms with Crippen molar-refractivity contribution in [3.8, 4) is 0 Å². The number of imidazole rings is 1. The lowest BCUT2D eigenvalue weighted by Crippen LogP contribution is -2.40. The molecular weight excluding hydrogens is 448 g/mol. The molecule has 12 heteroatoms. The number of carbonyl (C=O) groups is 3. The van der Waals surface area contributed by atoms with Gasteiger partial charge >= 0.3 is 11.9 Å². The van der Waals surface area contributed by atoms with Gasteiger partial charge in [-0.2, -0.15) is 0 Å². The first kappa shape index (κ1) is 24.3. The monoisotopic (exact) mass is 474 g/mol. The lowest BCUT2D eigenvalue weighted by Gasteiger charge is -2.31. The molecule has 0 saturated carbocycles. The maximum atomic E-state index is 12.2. The molecule has 4 rings (SSSR count). The van der Waals surface area contributed by atoms with E-state index in [-0.39, 0.29) is 5.91 Å². The van der Waals surface area contributed by atoms with E-state index in [1.54, 1.807) is 0 Å². The highest BCUT2D eigenvalue weighted by molar-refractivity contribution is 7.15. The van der Waals surface area contributed by atoms with Crippen molar-refractivity contribution in [1.82, 2.24) is 24.6 Å². The van der Waals surface area contributed by atoms with Crippen molar-refractivity contribution in [3.05, 3.63) is 35.1 Å². The van der Waals surface area contributed by atoms with Crippen LogP contribution in [0.5, 0.6) is 0 Å². The van der Waals surface area contributed by atoms with Crippen LogP contribution in [0.4, 0.5) is 5.13 Å². The first-order valence-corrected chi connectivity index (χ1v) is 11.2. The van der Waals surface area contributed by atoms with E-state index in [2.05, 4.69) is 55.1 Å². The van der Waals surface area contributed by atoms with Gasteiger partial charge in [-0.3, -0.25) is 15.0 Å². The number of carbonyl (C=O) groups excluding carboxylic acids is 1. The summed E-state index contributed by atoms with van der Waals surface area (Å²) in [6.07, 6.45) is 2.19. The number of rotatable bonds is 5. The number of carboxylic acids is 2. The van der Waals surface area contributed by atoms with Crippen LogP contribution in [0.1, 0.15) is 23.7 Å². The zero-order valence-corrected chi connectivity index (χ0v) is 19.2. The van der Waals surface area contributed by atoms with Crippen LogP contribution in [-0.2, 0) is 20.9 Å². The van der Waals surface area contributed by atoms with Crippen molar-refractivity contribution in [2.24, 2.45) is 5.92 Å². The lowest BCUT2D eigenvalue weighted by molar-refractivity contribution is -0.159. The van der Waals surface area contributed by atoms with Crippen LogP contribution in [-0.4, -0.2) is 72.3 Å². The number of carboxylic acid groups (broad SMARTS) is 2. The molecule has 0 atom stereocenters. The van der Waals surface area contributed by atoms with Gasteiger partial charge in [0.15, 0.2) is 0 Å². The molecule has 3 heterocycles. The Labute approximate surface area is 194 Å². The van der Waals surface area contributed by atoms with Crippen LogP contribution < -0.4 is 5.32 Å². The van der Waals surface area contributed by atoms with E-state index >= 15 is 0 Å². The summed E-state index contributed by atoms with van der Waals surface area (Å²) in [5.74, 6) is -1.97. The van der Waals surface area contributed by atoms with Crippen LogP contribution in [0.2, 0.25) is 0 Å². The van der Waals surface area contributed by atoms with Gasteiger partial charge in [-0.15, -0.1) is 10.2 Å². The predicted molar refractivity (Wildman–Crippen MR) is 122 cm³/mol. The summed E-state index contributed by atoms with van der Waals surface area (Å²) in [5, 5.41) is 26.9. The first-order valence-electron chi connectivity index (χ1n) is 10.4. The lowest BCUT2D eigenvalue weighted by atomic mass is 9.96. The maximum absolute atomic E-state index is 12.2. The van der Waals surface area contributed by atoms with Crippen LogP contribution in [0.25, 0.3) is 11.0 Å². The highest BCUT2D eigenvalue weighted by Gasteiger charge is 2.22. The highest BCUT2D eigenvalue weighted by Crippen LogP contribution is 2.23. The molecule has 1 aliphatic rings. The zero-order valence-electron chi connectivity index (χ0n) is 18.4. The molecule has 1 aliphatic heterocycles. The predicted octanol–water partition coefficient (Wildman–Crippen LogP) is 2.01. The van der Waals surface area contributed by atoms with E-state index in [1.165, 1.54) is 16.9 Å². The summed E-state index contributed by atoms with van der Waals surface area (Å²) in [6.45, 7) is 7.25. The number of amides is 1. The van der Waals surface area contributed by atoms with E-state index in [1.807, 2.05) is 13.0 Å². The van der Waals surface area contributed by atoms with Crippen molar-refractivity contribution in [3.63, 3.8) is 0 Å². The fraction of sp³-hybridized carbons (Fsp3) is 0.429. The molecule has 3 aromatic rings. The van der Waals surface area contributed by atoms with Crippen molar-refractivity contribution in [2.75, 3.05) is 25.0 Å². The van der Waals surface area contributed by atoms with Gasteiger partial charge in [-0.25, -0.2) is 14.6 Å². The number of hydrogen-bond donors (Lipinski definition) is 3. The number of aryl methyl sites for hydroxylation is 2. The molecule has 0 bridgehead atoms. The SMILES string of the molecule is Cc1nnc(NC(=O)CN2CCC(Cn3c(C)nc4ccccc43)CC2)s1.O=C(O)C(=O)O. The summed E-state index contributed by atoms with van der Waals surface area (Å²) in [5.41, 5.74) is 2.28. The molecule has 0 radical (unpaired) electrons. The number of fused-ring (bicyclic) bond motifs is 1. The molecule has 11 nitrogen and oxygen atoms in total. The standard InChI is InChI=1S/C19H24N6OS.C2H2O4/c1-13-20-16-5-3-4-6-17(16)25(13)11-15-7-9-24(10-8-15)12-18(26)21-19-23-22-14(2)27-19;3-1(4)2(5)6/h3-6,15H,7-12H2,1-2H3,(H,21,23,26);(H,3,4)(H,5,6). The molecule has 0 spiro atoms. The number of para-hydroxylation sites is 2. The molecule has 176 valence electrons. The second kappa shape index (κ2) is 11.0. The van der Waals surface area contributed by atoms with E-state index in [4.69, 9.17) is 19.8 Å². The average Bonchev–Trinajstić information content (AvgIpc) is 3.32. The van der Waals surface area contributed by atoms with Gasteiger partial charge in [0.25, 0.3) is 0 Å². The third kappa shape index (κ3) is 6.80. The third-order valence-electron chi connectivity index (χ3n) is 5.32. The van der Waals surface area contributed by atoms with Gasteiger partial charge in [-0.1, -0.05) is 23.5 Å². The number of benzene rings is 1. The summed E-state index contributed by atoms with van der Waals surface area (Å²) in [4.78, 5) is 37.3. The molecule has 1 saturated heterocycles. The quantitative estimate of drug-likeness (QED) is 0.472. The minimum absolute atomic E-state index is 0.0129. The number of hydrogen-bond acceptors (Lipinski definition) is 8. The van der Waals surface area contributed by atoms with Gasteiger partial charge in [-0.05, 0) is 57.8 Å². The van der Waals surface area contributed by atoms with Gasteiger partial charge in [0.1, 0.15) is 10.8 Å². The average molecular weight is 475 g/mol. The summed E-state index contributed by atoms with van der Waals surface area (Å²) in [6, 6.07) is 8.32. The topological polar surface area (TPSA) is 151 Å². The number of nitrogens with one attached hydrogen (secondary N) is 1. The Morgan fingerprint density at radius 3 is 2.36 bits per heavy atom. The van der Waals surface area contributed by atoms with Crippen molar-refractivity contribution in [1.29, 1.82) is 0 Å². The Hall–Kier alpha value is -3.38. The fourth-order valence-corrected chi connectivity index (χ4v) is 4.33. The number of likely N-dealkylation sites (tertiary alicyclic amines) is 1. The smallest absolute Gasteiger partial charge is 0.414 e. The molecule has 0 aliphatic carbocycles. The van der Waals surface area contributed by atoms with Gasteiger partial charge < -0.3 is 14.8 Å². The normalized spacial score (nSPS) is 14.5. The largest absolute Gasteiger partial charge is 0.473 e. The molecule has 1 fully saturated rings. The number of nitrogens with zero attached hydrogens (tertiary/aromatic N) is 5. The molecule has 2 aromatic heterocycles. The first-order chi connectivity index (χ1) is 15.7. The van der Waals surface area contributed by atoms with Crippen LogP contribution in [0.15, 0.2) is 24.3 Å². The number of anilines is 1. The molecule has 1 aromatic carbocycles. The van der Waals surface area contributed by atoms with Crippen LogP contribution in [0.3, 0.4) is 0 Å². The van der Waals surface area contributed by atoms with E-state index < -0.39 is 11.9 Å². The second-order valence-corrected chi connectivity index (χ2v) is 8.94. The van der Waals surface area contributed by atoms with Gasteiger partial charge in [0.05, 0.1) is 17.6 Å². The summed E-state index contributed by atoms with van der Waals surface area (Å²) in [7, 11) is 0. The molecule has 1 amide bonds. The molecule has 3 N–H and O–H groups in total. The second-order valence-electron chi connectivity index (χ2n) is 7.76. The van der Waals surface area contributed by atoms with E-state index in [9.17, 15) is 4.79 Å². The number of aliphatic carboxylic acids is 2. The Morgan fingerprint density at radius 2 is 1.76 bits per heavy atom. The van der Waals surface area contributed by atoms with Gasteiger partial charge in [0.2, 0.25) is 11.0 Å². The minimum Gasteiger partial charge on any atom is -0.473 e. The van der Waals surface area contributed by atoms with Crippen LogP contribution >= 0.6 is 11.3 Å². The minimum atomic E-state index is -1.82. The summed E-state index contributed by atoms with van der Waals surface area (Å²) >= 11 is 1.40. The van der Waals surface area contributed by atoms with Gasteiger partial charge in [0, 0.05) is 6.54 Å². The number of piperidine rings is 1. The van der Waals surface area contributed by atoms with Crippen molar-refractivity contribution >= 4 is 45.3 Å². The molecule has 0 unspecified atom stereocenters.